The van der Waals surface area contributed by atoms with Gasteiger partial charge in [-0.2, -0.15) is 5.10 Å². The smallest absolute Gasteiger partial charge is 0.124 e. The number of anilines is 1. The maximum Gasteiger partial charge on any atom is 0.124 e. The minimum absolute atomic E-state index is 0.430. The van der Waals surface area contributed by atoms with Gasteiger partial charge in [-0.25, -0.2) is 4.68 Å². The van der Waals surface area contributed by atoms with E-state index in [1.165, 1.54) is 12.8 Å². The van der Waals surface area contributed by atoms with Gasteiger partial charge in [0.2, 0.25) is 0 Å². The van der Waals surface area contributed by atoms with Gasteiger partial charge in [0.1, 0.15) is 5.82 Å². The van der Waals surface area contributed by atoms with Crippen molar-refractivity contribution in [1.29, 1.82) is 0 Å². The minimum Gasteiger partial charge on any atom is -0.370 e. The van der Waals surface area contributed by atoms with Crippen LogP contribution in [0.25, 0.3) is 0 Å². The van der Waals surface area contributed by atoms with Crippen LogP contribution in [0.5, 0.6) is 0 Å². The highest BCUT2D eigenvalue weighted by Gasteiger charge is 2.03. The number of hydrogen-bond donors (Lipinski definition) is 1. The van der Waals surface area contributed by atoms with Gasteiger partial charge in [0, 0.05) is 18.7 Å². The summed E-state index contributed by atoms with van der Waals surface area (Å²) in [6.07, 6.45) is 4.28. The van der Waals surface area contributed by atoms with Crippen LogP contribution in [0.4, 0.5) is 5.82 Å². The van der Waals surface area contributed by atoms with Crippen molar-refractivity contribution in [3.8, 4) is 0 Å². The van der Waals surface area contributed by atoms with Gasteiger partial charge in [0.25, 0.3) is 0 Å². The zero-order valence-corrected chi connectivity index (χ0v) is 8.75. The van der Waals surface area contributed by atoms with Crippen molar-refractivity contribution >= 4 is 5.82 Å². The zero-order chi connectivity index (χ0) is 9.68. The van der Waals surface area contributed by atoms with E-state index in [9.17, 15) is 0 Å². The summed E-state index contributed by atoms with van der Waals surface area (Å²) in [5.41, 5.74) is 0. The number of nitrogens with one attached hydrogen (secondary N) is 1. The Kier molecular flexibility index (Phi) is 3.80. The third kappa shape index (κ3) is 2.76. The van der Waals surface area contributed by atoms with Crippen LogP contribution in [-0.4, -0.2) is 16.3 Å². The summed E-state index contributed by atoms with van der Waals surface area (Å²) in [5.74, 6) is 1.13. The van der Waals surface area contributed by atoms with Crippen molar-refractivity contribution in [2.45, 2.75) is 39.7 Å². The second-order valence-electron chi connectivity index (χ2n) is 3.54. The molecule has 0 atom stereocenters. The molecule has 13 heavy (non-hydrogen) atoms. The lowest BCUT2D eigenvalue weighted by atomic mass is 10.3. The fourth-order valence-corrected chi connectivity index (χ4v) is 1.26. The lowest BCUT2D eigenvalue weighted by Crippen LogP contribution is -2.10. The van der Waals surface area contributed by atoms with Crippen molar-refractivity contribution in [3.05, 3.63) is 12.3 Å². The van der Waals surface area contributed by atoms with E-state index in [1.54, 1.807) is 0 Å². The Hall–Kier alpha value is -0.990. The standard InChI is InChI=1S/C10H19N3/c1-4-5-7-11-10-6-8-12-13(10)9(2)3/h6,8-9,11H,4-5,7H2,1-3H3. The molecule has 0 bridgehead atoms. The van der Waals surface area contributed by atoms with E-state index >= 15 is 0 Å². The van der Waals surface area contributed by atoms with Crippen molar-refractivity contribution in [3.63, 3.8) is 0 Å². The highest BCUT2D eigenvalue weighted by Crippen LogP contribution is 2.12. The maximum absolute atomic E-state index is 4.25. The highest BCUT2D eigenvalue weighted by atomic mass is 15.3. The predicted molar refractivity (Wildman–Crippen MR) is 56.0 cm³/mol. The monoisotopic (exact) mass is 181 g/mol. The van der Waals surface area contributed by atoms with Crippen LogP contribution in [0.2, 0.25) is 0 Å². The van der Waals surface area contributed by atoms with E-state index in [0.29, 0.717) is 6.04 Å². The summed E-state index contributed by atoms with van der Waals surface area (Å²) < 4.78 is 2.01. The first kappa shape index (κ1) is 10.1. The molecule has 0 aromatic carbocycles. The van der Waals surface area contributed by atoms with Gasteiger partial charge < -0.3 is 5.32 Å². The van der Waals surface area contributed by atoms with E-state index in [-0.39, 0.29) is 0 Å². The van der Waals surface area contributed by atoms with Gasteiger partial charge in [-0.15, -0.1) is 0 Å². The van der Waals surface area contributed by atoms with E-state index in [4.69, 9.17) is 0 Å². The Morgan fingerprint density at radius 3 is 2.92 bits per heavy atom. The van der Waals surface area contributed by atoms with Gasteiger partial charge in [-0.3, -0.25) is 0 Å². The molecule has 0 radical (unpaired) electrons. The van der Waals surface area contributed by atoms with Gasteiger partial charge in [0.05, 0.1) is 6.20 Å². The Morgan fingerprint density at radius 1 is 1.54 bits per heavy atom. The normalized spacial score (nSPS) is 10.8. The van der Waals surface area contributed by atoms with Gasteiger partial charge >= 0.3 is 0 Å². The number of unbranched alkanes of at least 4 members (excludes halogenated alkanes) is 1. The minimum atomic E-state index is 0.430. The van der Waals surface area contributed by atoms with Crippen LogP contribution < -0.4 is 5.32 Å². The Morgan fingerprint density at radius 2 is 2.31 bits per heavy atom. The molecule has 3 nitrogen and oxygen atoms in total. The molecule has 0 aliphatic heterocycles. The molecule has 0 saturated heterocycles. The van der Waals surface area contributed by atoms with Crippen LogP contribution in [-0.2, 0) is 0 Å². The first-order valence-electron chi connectivity index (χ1n) is 5.03. The van der Waals surface area contributed by atoms with Crippen molar-refractivity contribution in [2.24, 2.45) is 0 Å². The van der Waals surface area contributed by atoms with Gasteiger partial charge in [-0.05, 0) is 20.3 Å². The number of nitrogens with zero attached hydrogens (tertiary/aromatic N) is 2. The Bertz CT molecular complexity index is 240. The van der Waals surface area contributed by atoms with Crippen molar-refractivity contribution < 1.29 is 0 Å². The fraction of sp³-hybridized carbons (Fsp3) is 0.700. The average Bonchev–Trinajstić information content (AvgIpc) is 2.53. The molecule has 1 aromatic heterocycles. The maximum atomic E-state index is 4.25. The molecule has 0 aliphatic carbocycles. The SMILES string of the molecule is CCCCNc1ccnn1C(C)C. The van der Waals surface area contributed by atoms with Crippen molar-refractivity contribution in [1.82, 2.24) is 9.78 Å². The van der Waals surface area contributed by atoms with Gasteiger partial charge in [0.15, 0.2) is 0 Å². The van der Waals surface area contributed by atoms with Crippen LogP contribution >= 0.6 is 0 Å². The van der Waals surface area contributed by atoms with Crippen LogP contribution in [0.15, 0.2) is 12.3 Å². The summed E-state index contributed by atoms with van der Waals surface area (Å²) >= 11 is 0. The second kappa shape index (κ2) is 4.90. The largest absolute Gasteiger partial charge is 0.370 e. The van der Waals surface area contributed by atoms with E-state index in [2.05, 4.69) is 31.2 Å². The second-order valence-corrected chi connectivity index (χ2v) is 3.54. The summed E-state index contributed by atoms with van der Waals surface area (Å²) in [4.78, 5) is 0. The average molecular weight is 181 g/mol. The van der Waals surface area contributed by atoms with E-state index in [0.717, 1.165) is 12.4 Å². The third-order valence-corrected chi connectivity index (χ3v) is 2.00. The molecule has 0 aliphatic rings. The van der Waals surface area contributed by atoms with Crippen molar-refractivity contribution in [2.75, 3.05) is 11.9 Å². The molecule has 0 spiro atoms. The molecule has 3 heteroatoms. The Labute approximate surface area is 80.1 Å². The molecular formula is C10H19N3. The molecule has 1 N–H and O–H groups in total. The summed E-state index contributed by atoms with van der Waals surface area (Å²) in [6.45, 7) is 7.51. The molecule has 1 rings (SSSR count). The fourth-order valence-electron chi connectivity index (χ4n) is 1.26. The molecule has 0 amide bonds. The Balaban J connectivity index is 2.50. The molecule has 0 unspecified atom stereocenters. The molecule has 0 fully saturated rings. The highest BCUT2D eigenvalue weighted by molar-refractivity contribution is 5.33. The first-order valence-corrected chi connectivity index (χ1v) is 5.03. The van der Waals surface area contributed by atoms with E-state index < -0.39 is 0 Å². The van der Waals surface area contributed by atoms with Crippen LogP contribution in [0.1, 0.15) is 39.7 Å². The molecule has 74 valence electrons. The van der Waals surface area contributed by atoms with Crippen LogP contribution in [0, 0.1) is 0 Å². The predicted octanol–water partition coefficient (Wildman–Crippen LogP) is 2.68. The molecule has 0 saturated carbocycles. The summed E-state index contributed by atoms with van der Waals surface area (Å²) in [7, 11) is 0. The quantitative estimate of drug-likeness (QED) is 0.708. The molecule has 1 heterocycles. The lowest BCUT2D eigenvalue weighted by Gasteiger charge is -2.11. The van der Waals surface area contributed by atoms with Crippen LogP contribution in [0.3, 0.4) is 0 Å². The zero-order valence-electron chi connectivity index (χ0n) is 8.75. The third-order valence-electron chi connectivity index (χ3n) is 2.00. The summed E-state index contributed by atoms with van der Waals surface area (Å²) in [6, 6.07) is 2.45. The molecule has 1 aromatic rings. The topological polar surface area (TPSA) is 29.9 Å². The summed E-state index contributed by atoms with van der Waals surface area (Å²) in [5, 5.41) is 7.62. The van der Waals surface area contributed by atoms with E-state index in [1.807, 2.05) is 16.9 Å². The van der Waals surface area contributed by atoms with Gasteiger partial charge in [-0.1, -0.05) is 13.3 Å². The number of hydrogen-bond acceptors (Lipinski definition) is 2. The molecular weight excluding hydrogens is 162 g/mol. The lowest BCUT2D eigenvalue weighted by molar-refractivity contribution is 0.537. The first-order chi connectivity index (χ1) is 6.25. The number of rotatable bonds is 5. The number of aromatic nitrogens is 2.